The lowest BCUT2D eigenvalue weighted by atomic mass is 10.1. The fraction of sp³-hybridized carbons (Fsp3) is 0.176. The van der Waals surface area contributed by atoms with Gasteiger partial charge in [0.2, 0.25) is 0 Å². The summed E-state index contributed by atoms with van der Waals surface area (Å²) in [6, 6.07) is 36.0. The molecule has 5 aromatic rings. The molecule has 4 aromatic carbocycles. The van der Waals surface area contributed by atoms with Crippen molar-refractivity contribution in [1.82, 2.24) is 9.97 Å². The Morgan fingerprint density at radius 3 is 1.30 bits per heavy atom. The second kappa shape index (κ2) is 14.6. The third kappa shape index (κ3) is 8.24. The lowest BCUT2D eigenvalue weighted by molar-refractivity contribution is 0.0889. The minimum absolute atomic E-state index is 0.488. The zero-order chi connectivity index (χ0) is 27.2. The van der Waals surface area contributed by atoms with Gasteiger partial charge in [-0.1, -0.05) is 60.7 Å². The Kier molecular flexibility index (Phi) is 9.87. The zero-order valence-electron chi connectivity index (χ0n) is 22.3. The number of ether oxygens (including phenoxy) is 4. The summed E-state index contributed by atoms with van der Waals surface area (Å²) in [6.07, 6.45) is 3.54. The SMILES string of the molecule is c1ccc(COCCOc2ccc(-c3cncc(-c4ccc(OCCOCc5ccccc5)cc4)n3)cc2)cc1. The summed E-state index contributed by atoms with van der Waals surface area (Å²) < 4.78 is 23.0. The van der Waals surface area contributed by atoms with Crippen molar-refractivity contribution in [1.29, 1.82) is 0 Å². The molecule has 0 N–H and O–H groups in total. The van der Waals surface area contributed by atoms with Gasteiger partial charge >= 0.3 is 0 Å². The third-order valence-corrected chi connectivity index (χ3v) is 6.15. The lowest BCUT2D eigenvalue weighted by Crippen LogP contribution is -2.06. The second-order valence-corrected chi connectivity index (χ2v) is 9.11. The molecule has 6 heteroatoms. The largest absolute Gasteiger partial charge is 0.491 e. The van der Waals surface area contributed by atoms with Gasteiger partial charge in [0.1, 0.15) is 24.7 Å². The minimum atomic E-state index is 0.488. The summed E-state index contributed by atoms with van der Waals surface area (Å²) in [5.41, 5.74) is 5.84. The van der Waals surface area contributed by atoms with Gasteiger partial charge in [0, 0.05) is 11.1 Å². The van der Waals surface area contributed by atoms with Crippen LogP contribution in [0.5, 0.6) is 11.5 Å². The first kappa shape index (κ1) is 27.1. The van der Waals surface area contributed by atoms with Crippen molar-refractivity contribution in [2.24, 2.45) is 0 Å². The van der Waals surface area contributed by atoms with Crippen LogP contribution in [0.3, 0.4) is 0 Å². The molecule has 0 saturated heterocycles. The molecule has 1 aromatic heterocycles. The molecule has 1 heterocycles. The van der Waals surface area contributed by atoms with Crippen molar-refractivity contribution < 1.29 is 18.9 Å². The smallest absolute Gasteiger partial charge is 0.119 e. The summed E-state index contributed by atoms with van der Waals surface area (Å²) in [6.45, 7) is 3.19. The molecule has 0 aliphatic heterocycles. The highest BCUT2D eigenvalue weighted by molar-refractivity contribution is 5.65. The zero-order valence-corrected chi connectivity index (χ0v) is 22.3. The Morgan fingerprint density at radius 2 is 0.875 bits per heavy atom. The first-order valence-corrected chi connectivity index (χ1v) is 13.4. The molecule has 0 aliphatic carbocycles. The van der Waals surface area contributed by atoms with Crippen LogP contribution in [0, 0.1) is 0 Å². The molecule has 0 amide bonds. The molecule has 5 rings (SSSR count). The molecule has 0 atom stereocenters. The molecular formula is C34H32N2O4. The average Bonchev–Trinajstić information content (AvgIpc) is 3.02. The van der Waals surface area contributed by atoms with E-state index < -0.39 is 0 Å². The van der Waals surface area contributed by atoms with Crippen molar-refractivity contribution >= 4 is 0 Å². The summed E-state index contributed by atoms with van der Waals surface area (Å²) in [5, 5.41) is 0. The molecule has 0 aliphatic rings. The maximum atomic E-state index is 5.82. The predicted molar refractivity (Wildman–Crippen MR) is 156 cm³/mol. The highest BCUT2D eigenvalue weighted by Gasteiger charge is 2.06. The lowest BCUT2D eigenvalue weighted by Gasteiger charge is -2.09. The van der Waals surface area contributed by atoms with Crippen molar-refractivity contribution in [3.63, 3.8) is 0 Å². The molecule has 0 saturated carbocycles. The topological polar surface area (TPSA) is 62.7 Å². The quantitative estimate of drug-likeness (QED) is 0.144. The number of nitrogens with zero attached hydrogens (tertiary/aromatic N) is 2. The maximum absolute atomic E-state index is 5.82. The molecule has 0 radical (unpaired) electrons. The molecule has 0 spiro atoms. The number of hydrogen-bond acceptors (Lipinski definition) is 6. The normalized spacial score (nSPS) is 10.8. The molecule has 0 fully saturated rings. The van der Waals surface area contributed by atoms with E-state index in [2.05, 4.69) is 4.98 Å². The molecule has 40 heavy (non-hydrogen) atoms. The predicted octanol–water partition coefficient (Wildman–Crippen LogP) is 7.00. The number of hydrogen-bond donors (Lipinski definition) is 0. The van der Waals surface area contributed by atoms with Crippen LogP contribution in [0.2, 0.25) is 0 Å². The molecule has 0 bridgehead atoms. The summed E-state index contributed by atoms with van der Waals surface area (Å²) in [7, 11) is 0. The van der Waals surface area contributed by atoms with Crippen LogP contribution < -0.4 is 9.47 Å². The van der Waals surface area contributed by atoms with Crippen molar-refractivity contribution in [2.45, 2.75) is 13.2 Å². The van der Waals surface area contributed by atoms with E-state index in [1.165, 1.54) is 0 Å². The highest BCUT2D eigenvalue weighted by atomic mass is 16.5. The van der Waals surface area contributed by atoms with E-state index in [0.29, 0.717) is 39.6 Å². The Bertz CT molecular complexity index is 1320. The average molecular weight is 533 g/mol. The first-order chi connectivity index (χ1) is 19.8. The monoisotopic (exact) mass is 532 g/mol. The van der Waals surface area contributed by atoms with E-state index in [1.54, 1.807) is 12.4 Å². The van der Waals surface area contributed by atoms with Crippen LogP contribution in [0.15, 0.2) is 122 Å². The van der Waals surface area contributed by atoms with E-state index in [4.69, 9.17) is 23.9 Å². The minimum Gasteiger partial charge on any atom is -0.491 e. The molecular weight excluding hydrogens is 500 g/mol. The number of aromatic nitrogens is 2. The van der Waals surface area contributed by atoms with Gasteiger partial charge in [0.05, 0.1) is 50.2 Å². The van der Waals surface area contributed by atoms with Gasteiger partial charge in [-0.3, -0.25) is 4.98 Å². The summed E-state index contributed by atoms with van der Waals surface area (Å²) in [4.78, 5) is 9.23. The Balaban J connectivity index is 1.07. The van der Waals surface area contributed by atoms with Gasteiger partial charge in [-0.2, -0.15) is 0 Å². The highest BCUT2D eigenvalue weighted by Crippen LogP contribution is 2.25. The van der Waals surface area contributed by atoms with Gasteiger partial charge in [-0.15, -0.1) is 0 Å². The van der Waals surface area contributed by atoms with Gasteiger partial charge in [0.25, 0.3) is 0 Å². The van der Waals surface area contributed by atoms with Crippen LogP contribution in [-0.4, -0.2) is 36.4 Å². The summed E-state index contributed by atoms with van der Waals surface area (Å²) >= 11 is 0. The first-order valence-electron chi connectivity index (χ1n) is 13.4. The van der Waals surface area contributed by atoms with Gasteiger partial charge in [-0.25, -0.2) is 4.98 Å². The van der Waals surface area contributed by atoms with E-state index in [0.717, 1.165) is 45.1 Å². The van der Waals surface area contributed by atoms with E-state index in [1.807, 2.05) is 109 Å². The van der Waals surface area contributed by atoms with Crippen LogP contribution in [-0.2, 0) is 22.7 Å². The number of rotatable bonds is 14. The van der Waals surface area contributed by atoms with E-state index in [-0.39, 0.29) is 0 Å². The van der Waals surface area contributed by atoms with Crippen LogP contribution in [0.25, 0.3) is 22.5 Å². The fourth-order valence-electron chi connectivity index (χ4n) is 4.05. The van der Waals surface area contributed by atoms with Crippen LogP contribution in [0.4, 0.5) is 0 Å². The van der Waals surface area contributed by atoms with Crippen molar-refractivity contribution in [2.75, 3.05) is 26.4 Å². The standard InChI is InChI=1S/C34H32N2O4/c1-3-7-27(8-4-1)25-37-19-21-39-31-15-11-29(12-16-31)33-23-35-24-34(36-33)30-13-17-32(18-14-30)40-22-20-38-26-28-9-5-2-6-10-28/h1-18,23-24H,19-22,25-26H2. The van der Waals surface area contributed by atoms with E-state index >= 15 is 0 Å². The third-order valence-electron chi connectivity index (χ3n) is 6.15. The molecule has 202 valence electrons. The maximum Gasteiger partial charge on any atom is 0.119 e. The Labute approximate surface area is 235 Å². The van der Waals surface area contributed by atoms with Gasteiger partial charge < -0.3 is 18.9 Å². The molecule has 6 nitrogen and oxygen atoms in total. The summed E-state index contributed by atoms with van der Waals surface area (Å²) in [5.74, 6) is 1.58. The Hall–Kier alpha value is -4.52. The second-order valence-electron chi connectivity index (χ2n) is 9.11. The van der Waals surface area contributed by atoms with Crippen LogP contribution >= 0.6 is 0 Å². The van der Waals surface area contributed by atoms with E-state index in [9.17, 15) is 0 Å². The fourth-order valence-corrected chi connectivity index (χ4v) is 4.05. The van der Waals surface area contributed by atoms with Crippen molar-refractivity contribution in [3.8, 4) is 34.0 Å². The van der Waals surface area contributed by atoms with Crippen LogP contribution in [0.1, 0.15) is 11.1 Å². The molecule has 0 unspecified atom stereocenters. The van der Waals surface area contributed by atoms with Gasteiger partial charge in [0.15, 0.2) is 0 Å². The van der Waals surface area contributed by atoms with Crippen molar-refractivity contribution in [3.05, 3.63) is 133 Å². The van der Waals surface area contributed by atoms with Gasteiger partial charge in [-0.05, 0) is 59.7 Å². The number of benzene rings is 4. The Morgan fingerprint density at radius 1 is 0.450 bits per heavy atom.